The van der Waals surface area contributed by atoms with Gasteiger partial charge in [-0.15, -0.1) is 0 Å². The highest BCUT2D eigenvalue weighted by Crippen LogP contribution is 2.23. The van der Waals surface area contributed by atoms with Crippen molar-refractivity contribution in [1.82, 2.24) is 15.3 Å². The number of nitrogens with zero attached hydrogens (tertiary/aromatic N) is 2. The number of carbonyl (C=O) groups is 1. The summed E-state index contributed by atoms with van der Waals surface area (Å²) in [4.78, 5) is 20.8. The van der Waals surface area contributed by atoms with Crippen LogP contribution in [-0.2, 0) is 4.74 Å². The first kappa shape index (κ1) is 17.9. The Kier molecular flexibility index (Phi) is 6.26. The fraction of sp³-hybridized carbons (Fsp3) is 0.389. The summed E-state index contributed by atoms with van der Waals surface area (Å²) >= 11 is 0. The van der Waals surface area contributed by atoms with Crippen molar-refractivity contribution in [2.24, 2.45) is 0 Å². The van der Waals surface area contributed by atoms with Gasteiger partial charge in [0.15, 0.2) is 0 Å². The molecule has 0 aliphatic heterocycles. The van der Waals surface area contributed by atoms with Gasteiger partial charge < -0.3 is 15.4 Å². The molecule has 0 spiro atoms. The lowest BCUT2D eigenvalue weighted by Crippen LogP contribution is -2.26. The molecule has 0 unspecified atom stereocenters. The van der Waals surface area contributed by atoms with Crippen molar-refractivity contribution in [2.75, 3.05) is 25.6 Å². The molecule has 0 fully saturated rings. The number of aryl methyl sites for hydroxylation is 3. The fourth-order valence-corrected chi connectivity index (χ4v) is 2.40. The number of rotatable bonds is 7. The molecule has 0 radical (unpaired) electrons. The van der Waals surface area contributed by atoms with E-state index in [1.165, 1.54) is 0 Å². The van der Waals surface area contributed by atoms with Crippen molar-refractivity contribution in [3.8, 4) is 0 Å². The first-order chi connectivity index (χ1) is 11.5. The molecule has 1 aromatic heterocycles. The van der Waals surface area contributed by atoms with Crippen molar-refractivity contribution < 1.29 is 9.53 Å². The molecule has 0 bridgehead atoms. The molecule has 0 aliphatic rings. The third kappa shape index (κ3) is 4.76. The van der Waals surface area contributed by atoms with Crippen molar-refractivity contribution in [3.05, 3.63) is 46.9 Å². The smallest absolute Gasteiger partial charge is 0.270 e. The van der Waals surface area contributed by atoms with Gasteiger partial charge in [-0.3, -0.25) is 4.79 Å². The Morgan fingerprint density at radius 1 is 1.17 bits per heavy atom. The van der Waals surface area contributed by atoms with Crippen LogP contribution >= 0.6 is 0 Å². The molecule has 0 aliphatic carbocycles. The quantitative estimate of drug-likeness (QED) is 0.764. The van der Waals surface area contributed by atoms with E-state index in [9.17, 15) is 4.79 Å². The first-order valence-electron chi connectivity index (χ1n) is 7.97. The Morgan fingerprint density at radius 2 is 1.88 bits per heavy atom. The average Bonchev–Trinajstić information content (AvgIpc) is 2.54. The molecule has 1 amide bonds. The SMILES string of the molecule is COCCCNC(=O)c1cc(Nc2c(C)cccc2C)nc(C)n1. The van der Waals surface area contributed by atoms with Crippen LogP contribution in [0.2, 0.25) is 0 Å². The molecule has 2 aromatic rings. The van der Waals surface area contributed by atoms with Gasteiger partial charge in [0.25, 0.3) is 5.91 Å². The largest absolute Gasteiger partial charge is 0.385 e. The molecule has 2 rings (SSSR count). The second-order valence-corrected chi connectivity index (χ2v) is 5.68. The second kappa shape index (κ2) is 8.40. The highest BCUT2D eigenvalue weighted by molar-refractivity contribution is 5.93. The Hall–Kier alpha value is -2.47. The van der Waals surface area contributed by atoms with Crippen LogP contribution in [0, 0.1) is 20.8 Å². The molecule has 6 heteroatoms. The number of ether oxygens (including phenoxy) is 1. The van der Waals surface area contributed by atoms with E-state index in [2.05, 4.69) is 20.6 Å². The second-order valence-electron chi connectivity index (χ2n) is 5.68. The number of anilines is 2. The van der Waals surface area contributed by atoms with Crippen molar-refractivity contribution in [1.29, 1.82) is 0 Å². The van der Waals surface area contributed by atoms with E-state index in [0.717, 1.165) is 23.2 Å². The predicted molar refractivity (Wildman–Crippen MR) is 94.8 cm³/mol. The number of para-hydroxylation sites is 1. The number of aromatic nitrogens is 2. The number of methoxy groups -OCH3 is 1. The van der Waals surface area contributed by atoms with Crippen LogP contribution in [0.3, 0.4) is 0 Å². The Morgan fingerprint density at radius 3 is 2.54 bits per heavy atom. The number of hydrogen-bond acceptors (Lipinski definition) is 5. The summed E-state index contributed by atoms with van der Waals surface area (Å²) in [6.07, 6.45) is 0.764. The van der Waals surface area contributed by atoms with Crippen molar-refractivity contribution >= 4 is 17.4 Å². The Labute approximate surface area is 142 Å². The highest BCUT2D eigenvalue weighted by atomic mass is 16.5. The highest BCUT2D eigenvalue weighted by Gasteiger charge is 2.11. The summed E-state index contributed by atoms with van der Waals surface area (Å²) in [5.74, 6) is 0.955. The van der Waals surface area contributed by atoms with E-state index in [1.807, 2.05) is 32.0 Å². The first-order valence-corrected chi connectivity index (χ1v) is 7.97. The molecule has 0 saturated carbocycles. The lowest BCUT2D eigenvalue weighted by molar-refractivity contribution is 0.0943. The summed E-state index contributed by atoms with van der Waals surface area (Å²) in [6, 6.07) is 7.75. The van der Waals surface area contributed by atoms with Crippen LogP contribution in [0.15, 0.2) is 24.3 Å². The maximum atomic E-state index is 12.2. The van der Waals surface area contributed by atoms with Crippen molar-refractivity contribution in [2.45, 2.75) is 27.2 Å². The van der Waals surface area contributed by atoms with Crippen molar-refractivity contribution in [3.63, 3.8) is 0 Å². The van der Waals surface area contributed by atoms with E-state index >= 15 is 0 Å². The zero-order valence-corrected chi connectivity index (χ0v) is 14.6. The number of amides is 1. The topological polar surface area (TPSA) is 76.1 Å². The van der Waals surface area contributed by atoms with E-state index in [1.54, 1.807) is 20.1 Å². The van der Waals surface area contributed by atoms with Gasteiger partial charge in [0, 0.05) is 32.0 Å². The van der Waals surface area contributed by atoms with Gasteiger partial charge >= 0.3 is 0 Å². The van der Waals surface area contributed by atoms with Crippen LogP contribution < -0.4 is 10.6 Å². The van der Waals surface area contributed by atoms with Crippen LogP contribution in [0.5, 0.6) is 0 Å². The molecule has 128 valence electrons. The number of hydrogen-bond donors (Lipinski definition) is 2. The van der Waals surface area contributed by atoms with Gasteiger partial charge in [-0.1, -0.05) is 18.2 Å². The summed E-state index contributed by atoms with van der Waals surface area (Å²) in [5.41, 5.74) is 3.60. The van der Waals surface area contributed by atoms with Crippen LogP contribution in [0.1, 0.15) is 33.9 Å². The lowest BCUT2D eigenvalue weighted by Gasteiger charge is -2.13. The van der Waals surface area contributed by atoms with Gasteiger partial charge in [0.1, 0.15) is 17.3 Å². The summed E-state index contributed by atoms with van der Waals surface area (Å²) < 4.78 is 4.97. The maximum absolute atomic E-state index is 12.2. The minimum atomic E-state index is -0.207. The zero-order chi connectivity index (χ0) is 17.5. The lowest BCUT2D eigenvalue weighted by atomic mass is 10.1. The molecule has 0 atom stereocenters. The monoisotopic (exact) mass is 328 g/mol. The zero-order valence-electron chi connectivity index (χ0n) is 14.6. The maximum Gasteiger partial charge on any atom is 0.270 e. The van der Waals surface area contributed by atoms with Gasteiger partial charge in [-0.2, -0.15) is 0 Å². The fourth-order valence-electron chi connectivity index (χ4n) is 2.40. The Bertz CT molecular complexity index is 696. The molecule has 0 saturated heterocycles. The van der Waals surface area contributed by atoms with E-state index in [4.69, 9.17) is 4.74 Å². The van der Waals surface area contributed by atoms with Gasteiger partial charge in [-0.25, -0.2) is 9.97 Å². The van der Waals surface area contributed by atoms with Gasteiger partial charge in [0.2, 0.25) is 0 Å². The molecule has 1 aromatic carbocycles. The molecule has 24 heavy (non-hydrogen) atoms. The number of carbonyl (C=O) groups excluding carboxylic acids is 1. The molecular weight excluding hydrogens is 304 g/mol. The normalized spacial score (nSPS) is 10.5. The minimum absolute atomic E-state index is 0.207. The minimum Gasteiger partial charge on any atom is -0.385 e. The van der Waals surface area contributed by atoms with Crippen LogP contribution in [-0.4, -0.2) is 36.1 Å². The van der Waals surface area contributed by atoms with Gasteiger partial charge in [-0.05, 0) is 38.3 Å². The third-order valence-corrected chi connectivity index (χ3v) is 3.62. The summed E-state index contributed by atoms with van der Waals surface area (Å²) in [7, 11) is 1.64. The Balaban J connectivity index is 2.15. The van der Waals surface area contributed by atoms with Crippen LogP contribution in [0.25, 0.3) is 0 Å². The standard InChI is InChI=1S/C18H24N4O2/c1-12-7-5-8-13(2)17(12)22-16-11-15(20-14(3)21-16)18(23)19-9-6-10-24-4/h5,7-8,11H,6,9-10H2,1-4H3,(H,19,23)(H,20,21,22). The predicted octanol–water partition coefficient (Wildman–Crippen LogP) is 2.91. The van der Waals surface area contributed by atoms with Crippen LogP contribution in [0.4, 0.5) is 11.5 Å². The molecule has 2 N–H and O–H groups in total. The van der Waals surface area contributed by atoms with E-state index in [0.29, 0.717) is 30.5 Å². The molecule has 6 nitrogen and oxygen atoms in total. The van der Waals surface area contributed by atoms with E-state index in [-0.39, 0.29) is 5.91 Å². The third-order valence-electron chi connectivity index (χ3n) is 3.62. The van der Waals surface area contributed by atoms with Gasteiger partial charge in [0.05, 0.1) is 0 Å². The average molecular weight is 328 g/mol. The number of nitrogens with one attached hydrogen (secondary N) is 2. The number of benzene rings is 1. The molecule has 1 heterocycles. The summed E-state index contributed by atoms with van der Waals surface area (Å²) in [5, 5.41) is 6.14. The molecular formula is C18H24N4O2. The van der Waals surface area contributed by atoms with E-state index < -0.39 is 0 Å². The summed E-state index contributed by atoms with van der Waals surface area (Å²) in [6.45, 7) is 7.01.